The Morgan fingerprint density at radius 2 is 2.12 bits per heavy atom. The van der Waals surface area contributed by atoms with Crippen LogP contribution in [0.3, 0.4) is 0 Å². The van der Waals surface area contributed by atoms with E-state index in [4.69, 9.17) is 4.74 Å². The first-order valence-electron chi connectivity index (χ1n) is 10.2. The molecule has 1 N–H and O–H groups in total. The van der Waals surface area contributed by atoms with Crippen LogP contribution in [0.1, 0.15) is 32.1 Å². The van der Waals surface area contributed by atoms with Crippen LogP contribution >= 0.6 is 21.0 Å². The van der Waals surface area contributed by atoms with Crippen LogP contribution in [0.2, 0.25) is 0 Å². The van der Waals surface area contributed by atoms with E-state index >= 15 is 0 Å². The number of allylic oxidation sites excluding steroid dienone is 9. The molecular formula is C22H23F2N2O5PS. The van der Waals surface area contributed by atoms with Crippen molar-refractivity contribution in [3.8, 4) is 0 Å². The average molecular weight is 496 g/mol. The second kappa shape index (κ2) is 11.5. The number of amides is 2. The molecule has 1 saturated heterocycles. The highest BCUT2D eigenvalue weighted by atomic mass is 32.2. The number of thioether (sulfide) groups is 1. The van der Waals surface area contributed by atoms with Crippen molar-refractivity contribution in [3.05, 3.63) is 59.2 Å². The number of ketones is 1. The third-order valence-corrected chi connectivity index (χ3v) is 5.79. The number of hydrogen-bond acceptors (Lipinski definition) is 7. The predicted molar refractivity (Wildman–Crippen MR) is 125 cm³/mol. The van der Waals surface area contributed by atoms with Gasteiger partial charge in [-0.25, -0.2) is 0 Å². The summed E-state index contributed by atoms with van der Waals surface area (Å²) in [7, 11) is 1.33. The standard InChI is InChI=1S/C22H23F2N2O5PS/c23-22(24,32)31-16-7-3-1-2-5-14(9-10-16)18(27)13-30-17-8-4-6-15(25-12-17)11-19-20(28)26-21(29)33-19/h2,5-6,8-10,12,19H,1,3-4,7,11,13,32H2,(H,26,28,29)/b5-2?,14-9?,16-10+. The number of halogens is 2. The molecule has 7 nitrogen and oxygen atoms in total. The van der Waals surface area contributed by atoms with Gasteiger partial charge in [0.25, 0.3) is 5.24 Å². The minimum atomic E-state index is -3.37. The largest absolute Gasteiger partial charge is 0.484 e. The summed E-state index contributed by atoms with van der Waals surface area (Å²) in [6, 6.07) is 0. The molecule has 0 aromatic carbocycles. The van der Waals surface area contributed by atoms with Crippen molar-refractivity contribution < 1.29 is 32.6 Å². The molecule has 2 aliphatic heterocycles. The van der Waals surface area contributed by atoms with Crippen molar-refractivity contribution in [2.75, 3.05) is 6.61 Å². The van der Waals surface area contributed by atoms with Crippen LogP contribution < -0.4 is 5.32 Å². The second-order valence-electron chi connectivity index (χ2n) is 7.31. The quantitative estimate of drug-likeness (QED) is 0.496. The van der Waals surface area contributed by atoms with Crippen LogP contribution in [0.4, 0.5) is 13.6 Å². The van der Waals surface area contributed by atoms with Gasteiger partial charge in [0, 0.05) is 24.1 Å². The summed E-state index contributed by atoms with van der Waals surface area (Å²) >= 11 is 0.936. The zero-order valence-corrected chi connectivity index (χ0v) is 19.6. The molecule has 0 saturated carbocycles. The third kappa shape index (κ3) is 8.37. The lowest BCUT2D eigenvalue weighted by Crippen LogP contribution is -2.24. The summed E-state index contributed by atoms with van der Waals surface area (Å²) in [6.07, 6.45) is 13.7. The van der Waals surface area contributed by atoms with E-state index in [0.29, 0.717) is 49.1 Å². The van der Waals surface area contributed by atoms with Crippen molar-refractivity contribution in [3.63, 3.8) is 0 Å². The first kappa shape index (κ1) is 25.1. The van der Waals surface area contributed by atoms with Crippen LogP contribution in [-0.4, -0.2) is 40.9 Å². The van der Waals surface area contributed by atoms with E-state index in [0.717, 1.165) is 11.8 Å². The van der Waals surface area contributed by atoms with Gasteiger partial charge in [-0.3, -0.25) is 24.7 Å². The highest BCUT2D eigenvalue weighted by molar-refractivity contribution is 8.15. The number of alkyl halides is 2. The van der Waals surface area contributed by atoms with Crippen LogP contribution in [-0.2, 0) is 19.1 Å². The Morgan fingerprint density at radius 3 is 2.85 bits per heavy atom. The van der Waals surface area contributed by atoms with Gasteiger partial charge in [-0.1, -0.05) is 30.0 Å². The van der Waals surface area contributed by atoms with Gasteiger partial charge in [-0.2, -0.15) is 8.78 Å². The maximum atomic E-state index is 13.2. The number of rotatable bonds is 8. The van der Waals surface area contributed by atoms with Crippen molar-refractivity contribution >= 4 is 44.1 Å². The monoisotopic (exact) mass is 496 g/mol. The number of imide groups is 1. The van der Waals surface area contributed by atoms with Crippen LogP contribution in [0, 0.1) is 0 Å². The van der Waals surface area contributed by atoms with Crippen LogP contribution in [0.15, 0.2) is 64.2 Å². The second-order valence-corrected chi connectivity index (χ2v) is 9.16. The number of aliphatic imine (C=N–C) groups is 1. The summed E-state index contributed by atoms with van der Waals surface area (Å²) < 4.78 is 36.5. The van der Waals surface area contributed by atoms with Gasteiger partial charge in [-0.05, 0) is 46.7 Å². The number of carbonyl (C=O) groups excluding carboxylic acids is 3. The van der Waals surface area contributed by atoms with Gasteiger partial charge in [0.15, 0.2) is 12.4 Å². The zero-order chi connectivity index (χ0) is 23.8. The van der Waals surface area contributed by atoms with Crippen molar-refractivity contribution in [1.29, 1.82) is 0 Å². The van der Waals surface area contributed by atoms with Gasteiger partial charge in [0.1, 0.15) is 11.5 Å². The fourth-order valence-corrected chi connectivity index (χ4v) is 4.11. The molecule has 176 valence electrons. The Morgan fingerprint density at radius 1 is 1.30 bits per heavy atom. The number of nitrogens with zero attached hydrogens (tertiary/aromatic N) is 1. The Kier molecular flexibility index (Phi) is 8.74. The first-order chi connectivity index (χ1) is 15.7. The summed E-state index contributed by atoms with van der Waals surface area (Å²) in [6.45, 7) is -0.261. The lowest BCUT2D eigenvalue weighted by atomic mass is 10.1. The lowest BCUT2D eigenvalue weighted by Gasteiger charge is -2.15. The molecule has 0 radical (unpaired) electrons. The molecule has 2 heterocycles. The molecule has 1 aliphatic carbocycles. The summed E-state index contributed by atoms with van der Waals surface area (Å²) in [5, 5.41) is 1.36. The predicted octanol–water partition coefficient (Wildman–Crippen LogP) is 4.55. The Balaban J connectivity index is 1.57. The molecule has 3 rings (SSSR count). The number of carbonyl (C=O) groups is 3. The zero-order valence-electron chi connectivity index (χ0n) is 17.6. The molecule has 2 atom stereocenters. The molecule has 2 unspecified atom stereocenters. The Labute approximate surface area is 196 Å². The summed E-state index contributed by atoms with van der Waals surface area (Å²) in [4.78, 5) is 40.0. The molecule has 33 heavy (non-hydrogen) atoms. The highest BCUT2D eigenvalue weighted by Gasteiger charge is 2.32. The topological polar surface area (TPSA) is 94.1 Å². The Hall–Kier alpha value is -2.58. The number of hydrogen-bond donors (Lipinski definition) is 1. The molecule has 0 aromatic heterocycles. The molecule has 0 spiro atoms. The fraction of sp³-hybridized carbons (Fsp3) is 0.364. The van der Waals surface area contributed by atoms with Gasteiger partial charge >= 0.3 is 5.85 Å². The van der Waals surface area contributed by atoms with Crippen molar-refractivity contribution in [2.24, 2.45) is 4.99 Å². The molecular weight excluding hydrogens is 473 g/mol. The molecule has 11 heteroatoms. The van der Waals surface area contributed by atoms with Gasteiger partial charge in [0.05, 0.1) is 11.5 Å². The van der Waals surface area contributed by atoms with E-state index in [-0.39, 0.29) is 29.3 Å². The minimum absolute atomic E-state index is 0.0953. The average Bonchev–Trinajstić information content (AvgIpc) is 2.95. The molecule has 1 fully saturated rings. The van der Waals surface area contributed by atoms with E-state index < -0.39 is 11.1 Å². The van der Waals surface area contributed by atoms with E-state index in [1.54, 1.807) is 12.2 Å². The van der Waals surface area contributed by atoms with E-state index in [1.807, 2.05) is 12.2 Å². The normalized spacial score (nSPS) is 23.1. The van der Waals surface area contributed by atoms with E-state index in [9.17, 15) is 23.2 Å². The Bertz CT molecular complexity index is 995. The van der Waals surface area contributed by atoms with Gasteiger partial charge < -0.3 is 9.47 Å². The maximum Gasteiger partial charge on any atom is 0.408 e. The van der Waals surface area contributed by atoms with Crippen LogP contribution in [0.5, 0.6) is 0 Å². The smallest absolute Gasteiger partial charge is 0.408 e. The van der Waals surface area contributed by atoms with Crippen LogP contribution in [0.25, 0.3) is 0 Å². The van der Waals surface area contributed by atoms with Gasteiger partial charge in [-0.15, -0.1) is 0 Å². The maximum absolute atomic E-state index is 13.2. The van der Waals surface area contributed by atoms with Crippen molar-refractivity contribution in [1.82, 2.24) is 5.32 Å². The number of nitrogens with one attached hydrogen (secondary N) is 1. The number of ether oxygens (including phenoxy) is 2. The van der Waals surface area contributed by atoms with E-state index in [2.05, 4.69) is 15.0 Å². The third-order valence-electron chi connectivity index (χ3n) is 4.69. The summed E-state index contributed by atoms with van der Waals surface area (Å²) in [5.41, 5.74) is 0.952. The SMILES string of the molecule is O=C1NC(=O)C(CC2=CCC=C(OCC(=O)C3=C/C=C(/OC(F)(F)P)CCCC=C3)C=N2)S1. The molecule has 3 aliphatic rings. The summed E-state index contributed by atoms with van der Waals surface area (Å²) in [5.74, 6) is -3.55. The lowest BCUT2D eigenvalue weighted by molar-refractivity contribution is -0.135. The van der Waals surface area contributed by atoms with Crippen molar-refractivity contribution in [2.45, 2.75) is 43.2 Å². The van der Waals surface area contributed by atoms with E-state index in [1.165, 1.54) is 27.6 Å². The highest BCUT2D eigenvalue weighted by Crippen LogP contribution is 2.29. The van der Waals surface area contributed by atoms with Gasteiger partial charge in [0.2, 0.25) is 5.91 Å². The minimum Gasteiger partial charge on any atom is -0.484 e. The first-order valence-corrected chi connectivity index (χ1v) is 11.7. The molecule has 0 bridgehead atoms. The molecule has 2 amide bonds. The molecule has 0 aromatic rings. The number of Topliss-reactive ketones (excluding diaryl/α,β-unsaturated/α-hetero) is 1. The fourth-order valence-electron chi connectivity index (χ4n) is 3.12.